The lowest BCUT2D eigenvalue weighted by Crippen LogP contribution is -2.30. The highest BCUT2D eigenvalue weighted by Gasteiger charge is 2.23. The smallest absolute Gasteiger partial charge is 0.119 e. The predicted octanol–water partition coefficient (Wildman–Crippen LogP) is 4.08. The number of rotatable bonds is 8. The lowest BCUT2D eigenvalue weighted by Gasteiger charge is -2.25. The van der Waals surface area contributed by atoms with Crippen molar-refractivity contribution in [1.82, 2.24) is 5.32 Å². The van der Waals surface area contributed by atoms with Crippen molar-refractivity contribution in [3.63, 3.8) is 0 Å². The number of ether oxygens (including phenoxy) is 2. The van der Waals surface area contributed by atoms with Crippen LogP contribution < -0.4 is 10.1 Å². The first kappa shape index (κ1) is 16.3. The van der Waals surface area contributed by atoms with Crippen molar-refractivity contribution in [2.24, 2.45) is 0 Å². The second-order valence-electron chi connectivity index (χ2n) is 6.82. The summed E-state index contributed by atoms with van der Waals surface area (Å²) in [6.07, 6.45) is 3.97. The van der Waals surface area contributed by atoms with Gasteiger partial charge in [0.15, 0.2) is 0 Å². The normalized spacial score (nSPS) is 16.8. The predicted molar refractivity (Wildman–Crippen MR) is 86.8 cm³/mol. The Morgan fingerprint density at radius 2 is 1.86 bits per heavy atom. The molecule has 1 aromatic carbocycles. The van der Waals surface area contributed by atoms with Crippen LogP contribution in [-0.2, 0) is 4.74 Å². The van der Waals surface area contributed by atoms with Crippen LogP contribution >= 0.6 is 0 Å². The molecule has 0 amide bonds. The van der Waals surface area contributed by atoms with Crippen molar-refractivity contribution < 1.29 is 9.47 Å². The number of hydrogen-bond donors (Lipinski definition) is 1. The van der Waals surface area contributed by atoms with Crippen molar-refractivity contribution >= 4 is 0 Å². The molecule has 1 aliphatic rings. The van der Waals surface area contributed by atoms with Crippen molar-refractivity contribution in [2.45, 2.75) is 64.7 Å². The van der Waals surface area contributed by atoms with E-state index in [2.05, 4.69) is 57.3 Å². The minimum absolute atomic E-state index is 0.110. The van der Waals surface area contributed by atoms with Crippen LogP contribution in [0.2, 0.25) is 0 Å². The van der Waals surface area contributed by atoms with E-state index in [9.17, 15) is 0 Å². The second kappa shape index (κ2) is 7.28. The number of hydrogen-bond acceptors (Lipinski definition) is 3. The maximum absolute atomic E-state index is 5.95. The quantitative estimate of drug-likeness (QED) is 0.782. The van der Waals surface area contributed by atoms with Gasteiger partial charge in [-0.2, -0.15) is 0 Å². The molecule has 2 rings (SSSR count). The van der Waals surface area contributed by atoms with E-state index >= 15 is 0 Å². The summed E-state index contributed by atoms with van der Waals surface area (Å²) in [7, 11) is 0. The highest BCUT2D eigenvalue weighted by Crippen LogP contribution is 2.27. The Hall–Kier alpha value is -1.06. The fourth-order valence-corrected chi connectivity index (χ4v) is 2.08. The molecule has 0 heterocycles. The van der Waals surface area contributed by atoms with Gasteiger partial charge < -0.3 is 14.8 Å². The Morgan fingerprint density at radius 1 is 1.19 bits per heavy atom. The van der Waals surface area contributed by atoms with Gasteiger partial charge in [-0.15, -0.1) is 0 Å². The molecule has 0 radical (unpaired) electrons. The van der Waals surface area contributed by atoms with Crippen molar-refractivity contribution in [2.75, 3.05) is 13.2 Å². The number of benzene rings is 1. The number of nitrogens with one attached hydrogen (secondary N) is 1. The molecule has 0 aromatic heterocycles. The van der Waals surface area contributed by atoms with Gasteiger partial charge in [0, 0.05) is 0 Å². The van der Waals surface area contributed by atoms with Crippen molar-refractivity contribution in [3.05, 3.63) is 29.8 Å². The summed E-state index contributed by atoms with van der Waals surface area (Å²) < 4.78 is 11.8. The first-order valence-electron chi connectivity index (χ1n) is 8.12. The molecule has 1 atom stereocenters. The average molecular weight is 291 g/mol. The van der Waals surface area contributed by atoms with E-state index in [0.717, 1.165) is 18.7 Å². The first-order valence-corrected chi connectivity index (χ1v) is 8.12. The second-order valence-corrected chi connectivity index (χ2v) is 6.82. The Balaban J connectivity index is 1.96. The lowest BCUT2D eigenvalue weighted by atomic mass is 10.1. The molecule has 0 aliphatic heterocycles. The Labute approximate surface area is 129 Å². The molecule has 1 aromatic rings. The zero-order valence-corrected chi connectivity index (χ0v) is 13.8. The summed E-state index contributed by atoms with van der Waals surface area (Å²) in [5.41, 5.74) is 1.15. The molecule has 1 fully saturated rings. The standard InChI is InChI=1S/C18H29NO2/c1-5-12-19-17(13-20-18(2,3)4)14-6-8-15(9-7-14)21-16-10-11-16/h6-9,16-17,19H,5,10-13H2,1-4H3. The third-order valence-electron chi connectivity index (χ3n) is 3.43. The van der Waals surface area contributed by atoms with E-state index in [0.29, 0.717) is 12.7 Å². The Kier molecular flexibility index (Phi) is 5.65. The van der Waals surface area contributed by atoms with E-state index in [1.54, 1.807) is 0 Å². The van der Waals surface area contributed by atoms with Crippen LogP contribution in [0.25, 0.3) is 0 Å². The monoisotopic (exact) mass is 291 g/mol. The van der Waals surface area contributed by atoms with Gasteiger partial charge in [0.2, 0.25) is 0 Å². The minimum atomic E-state index is -0.110. The molecular formula is C18H29NO2. The average Bonchev–Trinajstić information content (AvgIpc) is 3.23. The fourth-order valence-electron chi connectivity index (χ4n) is 2.08. The maximum atomic E-state index is 5.95. The summed E-state index contributed by atoms with van der Waals surface area (Å²) in [6.45, 7) is 10.1. The van der Waals surface area contributed by atoms with Crippen LogP contribution in [0.3, 0.4) is 0 Å². The molecule has 3 nitrogen and oxygen atoms in total. The SMILES string of the molecule is CCCNC(COC(C)(C)C)c1ccc(OC2CC2)cc1. The van der Waals surface area contributed by atoms with Gasteiger partial charge in [0.25, 0.3) is 0 Å². The van der Waals surface area contributed by atoms with Crippen molar-refractivity contribution in [3.8, 4) is 5.75 Å². The van der Waals surface area contributed by atoms with Gasteiger partial charge in [-0.05, 0) is 64.3 Å². The summed E-state index contributed by atoms with van der Waals surface area (Å²) in [5.74, 6) is 0.979. The highest BCUT2D eigenvalue weighted by molar-refractivity contribution is 5.29. The Bertz CT molecular complexity index is 418. The lowest BCUT2D eigenvalue weighted by molar-refractivity contribution is -0.0147. The summed E-state index contributed by atoms with van der Waals surface area (Å²) in [5, 5.41) is 3.57. The van der Waals surface area contributed by atoms with Gasteiger partial charge in [-0.3, -0.25) is 0 Å². The maximum Gasteiger partial charge on any atom is 0.119 e. The minimum Gasteiger partial charge on any atom is -0.490 e. The van der Waals surface area contributed by atoms with Gasteiger partial charge in [-0.1, -0.05) is 19.1 Å². The van der Waals surface area contributed by atoms with E-state index in [-0.39, 0.29) is 11.6 Å². The zero-order chi connectivity index (χ0) is 15.3. The molecule has 0 spiro atoms. The topological polar surface area (TPSA) is 30.5 Å². The van der Waals surface area contributed by atoms with Crippen LogP contribution in [0.4, 0.5) is 0 Å². The summed E-state index contributed by atoms with van der Waals surface area (Å²) >= 11 is 0. The summed E-state index contributed by atoms with van der Waals surface area (Å²) in [6, 6.07) is 8.68. The van der Waals surface area contributed by atoms with E-state index in [1.807, 2.05) is 0 Å². The van der Waals surface area contributed by atoms with Crippen molar-refractivity contribution in [1.29, 1.82) is 0 Å². The van der Waals surface area contributed by atoms with E-state index in [1.165, 1.54) is 18.4 Å². The Morgan fingerprint density at radius 3 is 2.38 bits per heavy atom. The molecule has 1 unspecified atom stereocenters. The molecule has 3 heteroatoms. The summed E-state index contributed by atoms with van der Waals surface area (Å²) in [4.78, 5) is 0. The molecule has 1 saturated carbocycles. The first-order chi connectivity index (χ1) is 9.98. The molecular weight excluding hydrogens is 262 g/mol. The van der Waals surface area contributed by atoms with Gasteiger partial charge in [-0.25, -0.2) is 0 Å². The van der Waals surface area contributed by atoms with Gasteiger partial charge in [0.05, 0.1) is 24.4 Å². The van der Waals surface area contributed by atoms with E-state index < -0.39 is 0 Å². The molecule has 21 heavy (non-hydrogen) atoms. The van der Waals surface area contributed by atoms with Crippen LogP contribution in [0.5, 0.6) is 5.75 Å². The van der Waals surface area contributed by atoms with Crippen LogP contribution in [0.15, 0.2) is 24.3 Å². The molecule has 0 bridgehead atoms. The molecule has 0 saturated heterocycles. The molecule has 1 N–H and O–H groups in total. The largest absolute Gasteiger partial charge is 0.490 e. The third-order valence-corrected chi connectivity index (χ3v) is 3.43. The molecule has 1 aliphatic carbocycles. The van der Waals surface area contributed by atoms with Gasteiger partial charge in [0.1, 0.15) is 5.75 Å². The van der Waals surface area contributed by atoms with Crippen LogP contribution in [0, 0.1) is 0 Å². The fraction of sp³-hybridized carbons (Fsp3) is 0.667. The highest BCUT2D eigenvalue weighted by atomic mass is 16.5. The van der Waals surface area contributed by atoms with Gasteiger partial charge >= 0.3 is 0 Å². The molecule has 118 valence electrons. The zero-order valence-electron chi connectivity index (χ0n) is 13.8. The van der Waals surface area contributed by atoms with E-state index in [4.69, 9.17) is 9.47 Å². The third kappa shape index (κ3) is 6.06. The van der Waals surface area contributed by atoms with Crippen LogP contribution in [0.1, 0.15) is 58.6 Å². The van der Waals surface area contributed by atoms with Crippen LogP contribution in [-0.4, -0.2) is 24.9 Å².